The van der Waals surface area contributed by atoms with Crippen LogP contribution in [0.2, 0.25) is 0 Å². The number of rotatable bonds is 4. The Morgan fingerprint density at radius 1 is 1.28 bits per heavy atom. The van der Waals surface area contributed by atoms with Gasteiger partial charge in [-0.15, -0.1) is 0 Å². The first-order valence-electron chi connectivity index (χ1n) is 6.73. The third-order valence-electron chi connectivity index (χ3n) is 3.79. The summed E-state index contributed by atoms with van der Waals surface area (Å²) in [5.74, 6) is 1.13. The van der Waals surface area contributed by atoms with E-state index >= 15 is 0 Å². The Hall–Kier alpha value is -0.620. The van der Waals surface area contributed by atoms with Crippen LogP contribution in [0.25, 0.3) is 0 Å². The molecule has 6 heteroatoms. The molecule has 2 unspecified atom stereocenters. The second kappa shape index (κ2) is 6.02. The summed E-state index contributed by atoms with van der Waals surface area (Å²) in [6.45, 7) is 2.49. The minimum Gasteiger partial charge on any atom is -0.356 e. The lowest BCUT2D eigenvalue weighted by Crippen LogP contribution is -2.35. The standard InChI is InChI=1S/C12H22N2O3S/c15-12(6-10-2-1-4-13-7-10)14-8-11-3-5-18(16,17)9-11/h10-11,13H,1-9H2,(H,14,15). The Morgan fingerprint density at radius 2 is 2.11 bits per heavy atom. The van der Waals surface area contributed by atoms with Crippen molar-refractivity contribution in [2.75, 3.05) is 31.1 Å². The molecule has 2 fully saturated rings. The lowest BCUT2D eigenvalue weighted by atomic mass is 9.96. The summed E-state index contributed by atoms with van der Waals surface area (Å²) in [7, 11) is -2.83. The maximum atomic E-state index is 11.7. The molecule has 0 aromatic heterocycles. The first kappa shape index (κ1) is 13.8. The smallest absolute Gasteiger partial charge is 0.220 e. The third kappa shape index (κ3) is 4.24. The van der Waals surface area contributed by atoms with E-state index < -0.39 is 9.84 Å². The molecule has 2 atom stereocenters. The molecule has 2 saturated heterocycles. The van der Waals surface area contributed by atoms with E-state index in [4.69, 9.17) is 0 Å². The van der Waals surface area contributed by atoms with Gasteiger partial charge >= 0.3 is 0 Å². The van der Waals surface area contributed by atoms with Crippen LogP contribution in [0.5, 0.6) is 0 Å². The normalized spacial score (nSPS) is 31.1. The van der Waals surface area contributed by atoms with E-state index in [2.05, 4.69) is 10.6 Å². The van der Waals surface area contributed by atoms with Crippen molar-refractivity contribution in [1.29, 1.82) is 0 Å². The minimum absolute atomic E-state index is 0.0630. The molecular formula is C12H22N2O3S. The highest BCUT2D eigenvalue weighted by molar-refractivity contribution is 7.91. The Bertz CT molecular complexity index is 388. The van der Waals surface area contributed by atoms with Gasteiger partial charge in [-0.2, -0.15) is 0 Å². The lowest BCUT2D eigenvalue weighted by Gasteiger charge is -2.22. The molecule has 2 rings (SSSR count). The quantitative estimate of drug-likeness (QED) is 0.752. The molecule has 2 N–H and O–H groups in total. The van der Waals surface area contributed by atoms with Crippen LogP contribution < -0.4 is 10.6 Å². The Kier molecular flexibility index (Phi) is 4.61. The summed E-state index contributed by atoms with van der Waals surface area (Å²) in [4.78, 5) is 11.7. The summed E-state index contributed by atoms with van der Waals surface area (Å²) in [6.07, 6.45) is 3.50. The van der Waals surface area contributed by atoms with Crippen molar-refractivity contribution in [3.8, 4) is 0 Å². The maximum absolute atomic E-state index is 11.7. The Morgan fingerprint density at radius 3 is 2.72 bits per heavy atom. The lowest BCUT2D eigenvalue weighted by molar-refractivity contribution is -0.122. The van der Waals surface area contributed by atoms with E-state index in [-0.39, 0.29) is 23.3 Å². The molecule has 104 valence electrons. The molecule has 0 aliphatic carbocycles. The summed E-state index contributed by atoms with van der Waals surface area (Å²) in [6, 6.07) is 0. The van der Waals surface area contributed by atoms with Gasteiger partial charge in [-0.1, -0.05) is 0 Å². The fraction of sp³-hybridized carbons (Fsp3) is 0.917. The maximum Gasteiger partial charge on any atom is 0.220 e. The molecule has 0 saturated carbocycles. The van der Waals surface area contributed by atoms with Crippen molar-refractivity contribution >= 4 is 15.7 Å². The van der Waals surface area contributed by atoms with Crippen LogP contribution >= 0.6 is 0 Å². The first-order chi connectivity index (χ1) is 8.55. The van der Waals surface area contributed by atoms with Crippen molar-refractivity contribution in [2.24, 2.45) is 11.8 Å². The van der Waals surface area contributed by atoms with E-state index in [9.17, 15) is 13.2 Å². The van der Waals surface area contributed by atoms with Crippen molar-refractivity contribution < 1.29 is 13.2 Å². The van der Waals surface area contributed by atoms with Crippen LogP contribution in [0.1, 0.15) is 25.7 Å². The largest absolute Gasteiger partial charge is 0.356 e. The molecule has 0 radical (unpaired) electrons. The van der Waals surface area contributed by atoms with Gasteiger partial charge in [-0.05, 0) is 44.2 Å². The van der Waals surface area contributed by atoms with Crippen LogP contribution in [0.15, 0.2) is 0 Å². The van der Waals surface area contributed by atoms with Gasteiger partial charge in [-0.3, -0.25) is 4.79 Å². The first-order valence-corrected chi connectivity index (χ1v) is 8.55. The van der Waals surface area contributed by atoms with Crippen LogP contribution in [0.3, 0.4) is 0 Å². The summed E-state index contributed by atoms with van der Waals surface area (Å²) in [5.41, 5.74) is 0. The van der Waals surface area contributed by atoms with Crippen molar-refractivity contribution in [2.45, 2.75) is 25.7 Å². The summed E-state index contributed by atoms with van der Waals surface area (Å²) in [5, 5.41) is 6.17. The highest BCUT2D eigenvalue weighted by Crippen LogP contribution is 2.18. The number of hydrogen-bond donors (Lipinski definition) is 2. The van der Waals surface area contributed by atoms with Crippen LogP contribution in [-0.4, -0.2) is 45.5 Å². The minimum atomic E-state index is -2.83. The summed E-state index contributed by atoms with van der Waals surface area (Å²) < 4.78 is 22.6. The van der Waals surface area contributed by atoms with Gasteiger partial charge in [0, 0.05) is 13.0 Å². The number of carbonyl (C=O) groups excluding carboxylic acids is 1. The highest BCUT2D eigenvalue weighted by atomic mass is 32.2. The molecule has 2 heterocycles. The fourth-order valence-corrected chi connectivity index (χ4v) is 4.59. The van der Waals surface area contributed by atoms with Crippen LogP contribution in [0, 0.1) is 11.8 Å². The van der Waals surface area contributed by atoms with Crippen LogP contribution in [0.4, 0.5) is 0 Å². The van der Waals surface area contributed by atoms with E-state index in [1.54, 1.807) is 0 Å². The van der Waals surface area contributed by atoms with Crippen molar-refractivity contribution in [3.05, 3.63) is 0 Å². The third-order valence-corrected chi connectivity index (χ3v) is 5.62. The van der Waals surface area contributed by atoms with Crippen molar-refractivity contribution in [1.82, 2.24) is 10.6 Å². The van der Waals surface area contributed by atoms with Gasteiger partial charge in [0.05, 0.1) is 11.5 Å². The SMILES string of the molecule is O=C(CC1CCCNC1)NCC1CCS(=O)(=O)C1. The topological polar surface area (TPSA) is 75.3 Å². The molecule has 5 nitrogen and oxygen atoms in total. The summed E-state index contributed by atoms with van der Waals surface area (Å²) >= 11 is 0. The Labute approximate surface area is 109 Å². The molecule has 0 aromatic carbocycles. The van der Waals surface area contributed by atoms with E-state index in [0.717, 1.165) is 25.9 Å². The molecule has 0 aromatic rings. The molecule has 0 spiro atoms. The zero-order chi connectivity index (χ0) is 13.0. The molecular weight excluding hydrogens is 252 g/mol. The van der Waals surface area contributed by atoms with Crippen molar-refractivity contribution in [3.63, 3.8) is 0 Å². The highest BCUT2D eigenvalue weighted by Gasteiger charge is 2.28. The molecule has 0 bridgehead atoms. The molecule has 2 aliphatic heterocycles. The van der Waals surface area contributed by atoms with E-state index in [1.165, 1.54) is 0 Å². The van der Waals surface area contributed by atoms with Gasteiger partial charge in [0.2, 0.25) is 5.91 Å². The van der Waals surface area contributed by atoms with E-state index in [1.807, 2.05) is 0 Å². The predicted molar refractivity (Wildman–Crippen MR) is 70.0 cm³/mol. The monoisotopic (exact) mass is 274 g/mol. The zero-order valence-electron chi connectivity index (χ0n) is 10.7. The number of piperidine rings is 1. The fourth-order valence-electron chi connectivity index (χ4n) is 2.72. The van der Waals surface area contributed by atoms with Gasteiger partial charge in [0.1, 0.15) is 0 Å². The number of carbonyl (C=O) groups is 1. The molecule has 2 aliphatic rings. The molecule has 18 heavy (non-hydrogen) atoms. The number of nitrogens with one attached hydrogen (secondary N) is 2. The van der Waals surface area contributed by atoms with Crippen LogP contribution in [-0.2, 0) is 14.6 Å². The molecule has 1 amide bonds. The Balaban J connectivity index is 1.65. The number of sulfone groups is 1. The second-order valence-corrected chi connectivity index (χ2v) is 7.72. The van der Waals surface area contributed by atoms with Gasteiger partial charge in [0.25, 0.3) is 0 Å². The van der Waals surface area contributed by atoms with Gasteiger partial charge in [-0.25, -0.2) is 8.42 Å². The average molecular weight is 274 g/mol. The predicted octanol–water partition coefficient (Wildman–Crippen LogP) is -0.0730. The second-order valence-electron chi connectivity index (χ2n) is 5.49. The zero-order valence-corrected chi connectivity index (χ0v) is 11.5. The number of hydrogen-bond acceptors (Lipinski definition) is 4. The number of amides is 1. The van der Waals surface area contributed by atoms with Gasteiger partial charge in [0.15, 0.2) is 9.84 Å². The van der Waals surface area contributed by atoms with Gasteiger partial charge < -0.3 is 10.6 Å². The average Bonchev–Trinajstić information content (AvgIpc) is 2.68. The van der Waals surface area contributed by atoms with E-state index in [0.29, 0.717) is 25.3 Å².